The fourth-order valence-corrected chi connectivity index (χ4v) is 3.58. The summed E-state index contributed by atoms with van der Waals surface area (Å²) in [7, 11) is 0. The molecule has 0 amide bonds. The molecule has 3 nitrogen and oxygen atoms in total. The molecule has 0 aliphatic carbocycles. The molecule has 30 heavy (non-hydrogen) atoms. The van der Waals surface area contributed by atoms with E-state index in [9.17, 15) is 5.11 Å². The van der Waals surface area contributed by atoms with Crippen LogP contribution < -0.4 is 0 Å². The summed E-state index contributed by atoms with van der Waals surface area (Å²) in [6.07, 6.45) is 0. The van der Waals surface area contributed by atoms with Crippen molar-refractivity contribution >= 4 is 0 Å². The van der Waals surface area contributed by atoms with Gasteiger partial charge in [0.05, 0.1) is 5.56 Å². The van der Waals surface area contributed by atoms with Crippen LogP contribution in [0.4, 0.5) is 0 Å². The Morgan fingerprint density at radius 2 is 1.07 bits per heavy atom. The summed E-state index contributed by atoms with van der Waals surface area (Å²) < 4.78 is 6.24. The van der Waals surface area contributed by atoms with Gasteiger partial charge in [-0.3, -0.25) is 0 Å². The predicted molar refractivity (Wildman–Crippen MR) is 120 cm³/mol. The first-order chi connectivity index (χ1) is 14.8. The molecule has 5 aromatic rings. The molecular formula is C27H19NO2. The van der Waals surface area contributed by atoms with Crippen molar-refractivity contribution < 1.29 is 9.52 Å². The zero-order valence-corrected chi connectivity index (χ0v) is 16.2. The van der Waals surface area contributed by atoms with Gasteiger partial charge in [0, 0.05) is 16.7 Å². The van der Waals surface area contributed by atoms with Crippen LogP contribution in [0.2, 0.25) is 0 Å². The molecule has 0 radical (unpaired) electrons. The lowest BCUT2D eigenvalue weighted by molar-refractivity contribution is 0.475. The average molecular weight is 389 g/mol. The van der Waals surface area contributed by atoms with Crippen LogP contribution in [0.1, 0.15) is 0 Å². The van der Waals surface area contributed by atoms with E-state index in [1.165, 1.54) is 0 Å². The van der Waals surface area contributed by atoms with Gasteiger partial charge in [-0.2, -0.15) is 0 Å². The van der Waals surface area contributed by atoms with Crippen molar-refractivity contribution in [2.45, 2.75) is 0 Å². The Labute approximate surface area is 174 Å². The molecule has 1 aromatic heterocycles. The number of para-hydroxylation sites is 1. The third kappa shape index (κ3) is 3.27. The minimum Gasteiger partial charge on any atom is -0.506 e. The van der Waals surface area contributed by atoms with Crippen molar-refractivity contribution in [2.75, 3.05) is 0 Å². The van der Waals surface area contributed by atoms with Gasteiger partial charge in [-0.05, 0) is 11.6 Å². The number of phenols is 1. The zero-order chi connectivity index (χ0) is 20.3. The van der Waals surface area contributed by atoms with Crippen molar-refractivity contribution in [3.05, 3.63) is 109 Å². The quantitative estimate of drug-likeness (QED) is 0.358. The van der Waals surface area contributed by atoms with Crippen LogP contribution in [0.15, 0.2) is 114 Å². The highest BCUT2D eigenvalue weighted by Gasteiger charge is 2.21. The normalized spacial score (nSPS) is 10.8. The number of rotatable bonds is 4. The molecule has 5 rings (SSSR count). The molecule has 0 saturated carbocycles. The molecule has 0 saturated heterocycles. The Morgan fingerprint density at radius 3 is 1.70 bits per heavy atom. The zero-order valence-electron chi connectivity index (χ0n) is 16.2. The van der Waals surface area contributed by atoms with E-state index in [2.05, 4.69) is 0 Å². The highest BCUT2D eigenvalue weighted by Crippen LogP contribution is 2.41. The maximum atomic E-state index is 11.0. The monoisotopic (exact) mass is 389 g/mol. The number of oxazole rings is 1. The summed E-state index contributed by atoms with van der Waals surface area (Å²) in [6.45, 7) is 0. The molecule has 0 atom stereocenters. The lowest BCUT2D eigenvalue weighted by Crippen LogP contribution is -1.85. The van der Waals surface area contributed by atoms with Crippen LogP contribution >= 0.6 is 0 Å². The van der Waals surface area contributed by atoms with Gasteiger partial charge in [-0.1, -0.05) is 103 Å². The van der Waals surface area contributed by atoms with Gasteiger partial charge in [0.25, 0.3) is 0 Å². The van der Waals surface area contributed by atoms with Crippen LogP contribution in [-0.2, 0) is 0 Å². The van der Waals surface area contributed by atoms with Gasteiger partial charge in [0.2, 0.25) is 5.89 Å². The van der Waals surface area contributed by atoms with E-state index < -0.39 is 0 Å². The number of hydrogen-bond donors (Lipinski definition) is 1. The van der Waals surface area contributed by atoms with Crippen LogP contribution in [0, 0.1) is 0 Å². The second kappa shape index (κ2) is 7.72. The Morgan fingerprint density at radius 1 is 0.533 bits per heavy atom. The largest absolute Gasteiger partial charge is 0.506 e. The topological polar surface area (TPSA) is 46.3 Å². The SMILES string of the molecule is Oc1c(-c2ccccc2)cccc1-c1nc(-c2ccccc2)c(-c2ccccc2)o1. The standard InChI is InChI=1S/C27H19NO2/c29-25-22(19-11-4-1-5-12-19)17-10-18-23(25)27-28-24(20-13-6-2-7-14-20)26(30-27)21-15-8-3-9-16-21/h1-18,29H. The van der Waals surface area contributed by atoms with E-state index in [0.717, 1.165) is 27.9 Å². The first kappa shape index (κ1) is 18.0. The molecular weight excluding hydrogens is 370 g/mol. The summed E-state index contributed by atoms with van der Waals surface area (Å²) in [6, 6.07) is 35.3. The number of aromatic nitrogens is 1. The second-order valence-electron chi connectivity index (χ2n) is 7.00. The van der Waals surface area contributed by atoms with Crippen molar-refractivity contribution in [3.8, 4) is 50.9 Å². The van der Waals surface area contributed by atoms with Gasteiger partial charge >= 0.3 is 0 Å². The van der Waals surface area contributed by atoms with E-state index in [1.54, 1.807) is 0 Å². The molecule has 3 heteroatoms. The molecule has 1 N–H and O–H groups in total. The molecule has 0 spiro atoms. The van der Waals surface area contributed by atoms with Gasteiger partial charge in [-0.25, -0.2) is 4.98 Å². The van der Waals surface area contributed by atoms with E-state index in [0.29, 0.717) is 17.2 Å². The number of hydrogen-bond acceptors (Lipinski definition) is 3. The van der Waals surface area contributed by atoms with Crippen LogP contribution in [0.5, 0.6) is 5.75 Å². The molecule has 0 unspecified atom stereocenters. The number of aromatic hydroxyl groups is 1. The van der Waals surface area contributed by atoms with Crippen LogP contribution in [0.3, 0.4) is 0 Å². The molecule has 4 aromatic carbocycles. The predicted octanol–water partition coefficient (Wildman–Crippen LogP) is 7.05. The third-order valence-corrected chi connectivity index (χ3v) is 5.06. The van der Waals surface area contributed by atoms with Crippen LogP contribution in [0.25, 0.3) is 45.2 Å². The van der Waals surface area contributed by atoms with Gasteiger partial charge < -0.3 is 9.52 Å². The Hall–Kier alpha value is -4.11. The number of nitrogens with zero attached hydrogens (tertiary/aromatic N) is 1. The van der Waals surface area contributed by atoms with Crippen molar-refractivity contribution in [1.29, 1.82) is 0 Å². The third-order valence-electron chi connectivity index (χ3n) is 5.06. The van der Waals surface area contributed by atoms with E-state index in [4.69, 9.17) is 9.40 Å². The molecule has 0 aliphatic rings. The van der Waals surface area contributed by atoms with Crippen molar-refractivity contribution in [2.24, 2.45) is 0 Å². The first-order valence-corrected chi connectivity index (χ1v) is 9.81. The second-order valence-corrected chi connectivity index (χ2v) is 7.00. The molecule has 0 aliphatic heterocycles. The number of phenolic OH excluding ortho intramolecular Hbond substituents is 1. The Bertz CT molecular complexity index is 1220. The van der Waals surface area contributed by atoms with Crippen molar-refractivity contribution in [1.82, 2.24) is 4.98 Å². The summed E-state index contributed by atoms with van der Waals surface area (Å²) in [5.41, 5.74) is 4.90. The van der Waals surface area contributed by atoms with E-state index in [1.807, 2.05) is 109 Å². The Balaban J connectivity index is 1.69. The van der Waals surface area contributed by atoms with Crippen LogP contribution in [-0.4, -0.2) is 10.1 Å². The fraction of sp³-hybridized carbons (Fsp3) is 0. The summed E-state index contributed by atoms with van der Waals surface area (Å²) >= 11 is 0. The maximum absolute atomic E-state index is 11.0. The minimum absolute atomic E-state index is 0.157. The van der Waals surface area contributed by atoms with E-state index in [-0.39, 0.29) is 5.75 Å². The number of benzene rings is 4. The van der Waals surface area contributed by atoms with E-state index >= 15 is 0 Å². The van der Waals surface area contributed by atoms with Gasteiger partial charge in [0.15, 0.2) is 5.76 Å². The van der Waals surface area contributed by atoms with Gasteiger partial charge in [0.1, 0.15) is 11.4 Å². The lowest BCUT2D eigenvalue weighted by atomic mass is 10.0. The summed E-state index contributed by atoms with van der Waals surface area (Å²) in [5.74, 6) is 1.23. The minimum atomic E-state index is 0.157. The highest BCUT2D eigenvalue weighted by molar-refractivity contribution is 5.83. The summed E-state index contributed by atoms with van der Waals surface area (Å²) in [5, 5.41) is 11.0. The molecule has 0 bridgehead atoms. The average Bonchev–Trinajstić information content (AvgIpc) is 3.26. The highest BCUT2D eigenvalue weighted by atomic mass is 16.4. The maximum Gasteiger partial charge on any atom is 0.231 e. The molecule has 144 valence electrons. The van der Waals surface area contributed by atoms with Gasteiger partial charge in [-0.15, -0.1) is 0 Å². The Kier molecular flexibility index (Phi) is 4.62. The molecule has 0 fully saturated rings. The summed E-state index contributed by atoms with van der Waals surface area (Å²) in [4.78, 5) is 4.80. The first-order valence-electron chi connectivity index (χ1n) is 9.81. The smallest absolute Gasteiger partial charge is 0.231 e. The lowest BCUT2D eigenvalue weighted by Gasteiger charge is -2.07. The molecule has 1 heterocycles. The van der Waals surface area contributed by atoms with Crippen molar-refractivity contribution in [3.63, 3.8) is 0 Å². The fourth-order valence-electron chi connectivity index (χ4n) is 3.58.